The zero-order chi connectivity index (χ0) is 10.7. The van der Waals surface area contributed by atoms with Gasteiger partial charge in [0.1, 0.15) is 0 Å². The highest BCUT2D eigenvalue weighted by atomic mass is 28.3. The lowest BCUT2D eigenvalue weighted by Crippen LogP contribution is -2.21. The Bertz CT molecular complexity index is 169. The summed E-state index contributed by atoms with van der Waals surface area (Å²) in [4.78, 5) is 8.35. The number of rotatable bonds is 4. The third kappa shape index (κ3) is 14.0. The number of isocyanates is 1. The lowest BCUT2D eigenvalue weighted by Gasteiger charge is -2.08. The minimum Gasteiger partial charge on any atom is -0.510 e. The van der Waals surface area contributed by atoms with E-state index in [9.17, 15) is 0 Å². The summed E-state index contributed by atoms with van der Waals surface area (Å²) in [6, 6.07) is 0. The summed E-state index contributed by atoms with van der Waals surface area (Å²) in [7, 11) is 1.34. The summed E-state index contributed by atoms with van der Waals surface area (Å²) < 4.78 is 14.9. The number of carbonyl (C=O) groups excluding carboxylic acids is 1. The van der Waals surface area contributed by atoms with E-state index in [2.05, 4.69) is 0 Å². The van der Waals surface area contributed by atoms with Crippen LogP contribution < -0.4 is 0 Å². The monoisotopic (exact) mass is 205 g/mol. The van der Waals surface area contributed by atoms with Gasteiger partial charge in [-0.05, 0) is 19.4 Å². The first-order chi connectivity index (χ1) is 6.12. The SMILES string of the molecule is CO[SiH](OC)OC=C(C)C.N=C=O. The Morgan fingerprint density at radius 1 is 1.38 bits per heavy atom. The summed E-state index contributed by atoms with van der Waals surface area (Å²) in [5.74, 6) is 0. The van der Waals surface area contributed by atoms with Gasteiger partial charge in [-0.2, -0.15) is 0 Å². The molecule has 6 heteroatoms. The third-order valence-electron chi connectivity index (χ3n) is 0.800. The highest BCUT2D eigenvalue weighted by Crippen LogP contribution is 1.93. The van der Waals surface area contributed by atoms with E-state index in [1.54, 1.807) is 20.5 Å². The van der Waals surface area contributed by atoms with Crippen LogP contribution in [0.5, 0.6) is 0 Å². The minimum atomic E-state index is -1.82. The van der Waals surface area contributed by atoms with Crippen LogP contribution in [-0.4, -0.2) is 29.8 Å². The van der Waals surface area contributed by atoms with Gasteiger partial charge in [-0.25, -0.2) is 10.2 Å². The topological polar surface area (TPSA) is 68.6 Å². The van der Waals surface area contributed by atoms with Gasteiger partial charge >= 0.3 is 9.53 Å². The molecular formula is C7H15NO4Si. The van der Waals surface area contributed by atoms with E-state index in [0.717, 1.165) is 11.7 Å². The molecule has 0 unspecified atom stereocenters. The fourth-order valence-electron chi connectivity index (χ4n) is 0.399. The molecule has 0 atom stereocenters. The summed E-state index contributed by atoms with van der Waals surface area (Å²) in [6.07, 6.45) is 2.41. The van der Waals surface area contributed by atoms with Crippen molar-refractivity contribution < 1.29 is 18.1 Å². The fraction of sp³-hybridized carbons (Fsp3) is 0.571. The number of hydrogen-bond donors (Lipinski definition) is 1. The highest BCUT2D eigenvalue weighted by Gasteiger charge is 2.08. The molecule has 0 amide bonds. The average Bonchev–Trinajstić information content (AvgIpc) is 2.07. The standard InChI is InChI=1S/C6H14O3Si.CHNO/c1-6(2)5-9-10(7-3)8-4;2-1-3/h5,10H,1-4H3;2H. The van der Waals surface area contributed by atoms with Crippen LogP contribution in [0, 0.1) is 5.41 Å². The van der Waals surface area contributed by atoms with Crippen molar-refractivity contribution >= 4 is 15.6 Å². The summed E-state index contributed by atoms with van der Waals surface area (Å²) in [5, 5.41) is 5.40. The Morgan fingerprint density at radius 2 is 1.77 bits per heavy atom. The van der Waals surface area contributed by atoms with E-state index in [1.807, 2.05) is 13.8 Å². The van der Waals surface area contributed by atoms with Gasteiger partial charge in [0.25, 0.3) is 0 Å². The van der Waals surface area contributed by atoms with Gasteiger partial charge in [0.05, 0.1) is 6.26 Å². The molecule has 0 fully saturated rings. The molecule has 1 N–H and O–H groups in total. The largest absolute Gasteiger partial charge is 0.548 e. The molecule has 0 rings (SSSR count). The molecular weight excluding hydrogens is 190 g/mol. The quantitative estimate of drug-likeness (QED) is 0.319. The summed E-state index contributed by atoms with van der Waals surface area (Å²) in [6.45, 7) is 3.91. The van der Waals surface area contributed by atoms with Gasteiger partial charge in [-0.1, -0.05) is 0 Å². The molecule has 0 aromatic carbocycles. The normalized spacial score (nSPS) is 8.08. The zero-order valence-electron chi connectivity index (χ0n) is 8.29. The fourth-order valence-corrected chi connectivity index (χ4v) is 1.20. The minimum absolute atomic E-state index is 0.750. The van der Waals surface area contributed by atoms with Crippen molar-refractivity contribution in [3.05, 3.63) is 11.8 Å². The molecule has 0 aromatic heterocycles. The second-order valence-corrected chi connectivity index (χ2v) is 3.99. The number of allylic oxidation sites excluding steroid dienone is 1. The van der Waals surface area contributed by atoms with Gasteiger partial charge in [-0.3, -0.25) is 0 Å². The first-order valence-electron chi connectivity index (χ1n) is 3.50. The lowest BCUT2D eigenvalue weighted by atomic mass is 10.4. The molecule has 13 heavy (non-hydrogen) atoms. The molecule has 0 saturated carbocycles. The molecule has 76 valence electrons. The molecule has 0 aliphatic carbocycles. The van der Waals surface area contributed by atoms with Crippen LogP contribution in [0.15, 0.2) is 11.8 Å². The van der Waals surface area contributed by atoms with Crippen LogP contribution in [0.4, 0.5) is 0 Å². The van der Waals surface area contributed by atoms with Crippen molar-refractivity contribution in [2.45, 2.75) is 13.8 Å². The van der Waals surface area contributed by atoms with Crippen LogP contribution in [0.1, 0.15) is 13.8 Å². The molecule has 0 aromatic rings. The van der Waals surface area contributed by atoms with E-state index in [0.29, 0.717) is 0 Å². The average molecular weight is 205 g/mol. The van der Waals surface area contributed by atoms with E-state index in [1.165, 1.54) is 0 Å². The van der Waals surface area contributed by atoms with Crippen molar-refractivity contribution in [3.63, 3.8) is 0 Å². The third-order valence-corrected chi connectivity index (χ3v) is 1.93. The van der Waals surface area contributed by atoms with E-state index in [-0.39, 0.29) is 0 Å². The number of nitrogens with one attached hydrogen (secondary N) is 1. The Balaban J connectivity index is 0. The highest BCUT2D eigenvalue weighted by molar-refractivity contribution is 6.36. The predicted octanol–water partition coefficient (Wildman–Crippen LogP) is 0.838. The van der Waals surface area contributed by atoms with Crippen LogP contribution in [0.25, 0.3) is 0 Å². The van der Waals surface area contributed by atoms with E-state index >= 15 is 0 Å². The zero-order valence-corrected chi connectivity index (χ0v) is 9.44. The maximum atomic E-state index is 8.35. The molecule has 0 spiro atoms. The van der Waals surface area contributed by atoms with Crippen molar-refractivity contribution in [2.75, 3.05) is 14.2 Å². The van der Waals surface area contributed by atoms with Gasteiger partial charge < -0.3 is 13.3 Å². The maximum absolute atomic E-state index is 8.35. The van der Waals surface area contributed by atoms with Crippen molar-refractivity contribution in [2.24, 2.45) is 0 Å². The second kappa shape index (κ2) is 11.1. The van der Waals surface area contributed by atoms with E-state index in [4.69, 9.17) is 23.5 Å². The Hall–Kier alpha value is -0.943. The predicted molar refractivity (Wildman–Crippen MR) is 50.1 cm³/mol. The number of hydrogen-bond acceptors (Lipinski definition) is 5. The van der Waals surface area contributed by atoms with Gasteiger partial charge in [0.15, 0.2) is 0 Å². The molecule has 0 heterocycles. The van der Waals surface area contributed by atoms with Crippen LogP contribution in [0.3, 0.4) is 0 Å². The maximum Gasteiger partial charge on any atom is 0.548 e. The molecule has 0 aliphatic rings. The molecule has 0 radical (unpaired) electrons. The molecule has 0 aliphatic heterocycles. The van der Waals surface area contributed by atoms with Crippen LogP contribution in [0.2, 0.25) is 0 Å². The van der Waals surface area contributed by atoms with Crippen molar-refractivity contribution in [3.8, 4) is 0 Å². The molecule has 0 bridgehead atoms. The summed E-state index contributed by atoms with van der Waals surface area (Å²) >= 11 is 0. The second-order valence-electron chi connectivity index (χ2n) is 2.19. The Kier molecular flexibility index (Phi) is 12.4. The first kappa shape index (κ1) is 14.6. The van der Waals surface area contributed by atoms with E-state index < -0.39 is 9.53 Å². The summed E-state index contributed by atoms with van der Waals surface area (Å²) in [5.41, 5.74) is 1.10. The molecule has 0 saturated heterocycles. The molecule has 5 nitrogen and oxygen atoms in total. The van der Waals surface area contributed by atoms with Gasteiger partial charge in [-0.15, -0.1) is 0 Å². The van der Waals surface area contributed by atoms with Crippen LogP contribution >= 0.6 is 0 Å². The lowest BCUT2D eigenvalue weighted by molar-refractivity contribution is 0.180. The first-order valence-corrected chi connectivity index (χ1v) is 4.92. The Morgan fingerprint density at radius 3 is 2.00 bits per heavy atom. The van der Waals surface area contributed by atoms with Gasteiger partial charge in [0, 0.05) is 14.2 Å². The van der Waals surface area contributed by atoms with Crippen molar-refractivity contribution in [1.29, 1.82) is 5.41 Å². The van der Waals surface area contributed by atoms with Crippen molar-refractivity contribution in [1.82, 2.24) is 0 Å². The van der Waals surface area contributed by atoms with Gasteiger partial charge in [0.2, 0.25) is 6.08 Å². The smallest absolute Gasteiger partial charge is 0.510 e. The Labute approximate surface area is 79.8 Å². The van der Waals surface area contributed by atoms with Crippen LogP contribution in [-0.2, 0) is 18.1 Å².